The maximum atomic E-state index is 13.0. The van der Waals surface area contributed by atoms with Gasteiger partial charge in [-0.05, 0) is 59.5 Å². The number of rotatable bonds is 9. The number of fused-ring (bicyclic) bond motifs is 1. The Labute approximate surface area is 225 Å². The summed E-state index contributed by atoms with van der Waals surface area (Å²) in [7, 11) is 1.57. The van der Waals surface area contributed by atoms with Gasteiger partial charge in [0.2, 0.25) is 0 Å². The van der Waals surface area contributed by atoms with Crippen LogP contribution in [0.4, 0.5) is 4.79 Å². The van der Waals surface area contributed by atoms with Gasteiger partial charge in [0.1, 0.15) is 19.0 Å². The molecule has 0 saturated carbocycles. The second-order valence-electron chi connectivity index (χ2n) is 8.84. The third-order valence-electron chi connectivity index (χ3n) is 6.20. The van der Waals surface area contributed by atoms with Crippen molar-refractivity contribution in [1.82, 2.24) is 4.90 Å². The van der Waals surface area contributed by atoms with Crippen LogP contribution in [-0.2, 0) is 11.4 Å². The molecule has 38 heavy (non-hydrogen) atoms. The summed E-state index contributed by atoms with van der Waals surface area (Å²) in [5.74, 6) is 1.54. The topological polar surface area (TPSA) is 65.1 Å². The highest BCUT2D eigenvalue weighted by molar-refractivity contribution is 8.18. The average molecular weight is 526 g/mol. The molecule has 4 aromatic rings. The van der Waals surface area contributed by atoms with Crippen molar-refractivity contribution in [3.8, 4) is 17.2 Å². The molecule has 2 amide bonds. The summed E-state index contributed by atoms with van der Waals surface area (Å²) in [6.45, 7) is 2.83. The quantitative estimate of drug-likeness (QED) is 0.223. The first kappa shape index (κ1) is 25.4. The van der Waals surface area contributed by atoms with Crippen molar-refractivity contribution in [3.05, 3.63) is 107 Å². The van der Waals surface area contributed by atoms with Crippen LogP contribution in [0.1, 0.15) is 16.7 Å². The van der Waals surface area contributed by atoms with E-state index < -0.39 is 0 Å². The molecule has 0 aromatic heterocycles. The number of nitrogens with zero attached hydrogens (tertiary/aromatic N) is 1. The molecular weight excluding hydrogens is 498 g/mol. The fourth-order valence-electron chi connectivity index (χ4n) is 4.15. The van der Waals surface area contributed by atoms with Crippen molar-refractivity contribution in [2.45, 2.75) is 13.5 Å². The fourth-order valence-corrected chi connectivity index (χ4v) is 5.02. The molecule has 1 heterocycles. The molecule has 0 bridgehead atoms. The second kappa shape index (κ2) is 11.4. The largest absolute Gasteiger partial charge is 0.493 e. The van der Waals surface area contributed by atoms with Crippen molar-refractivity contribution < 1.29 is 23.8 Å². The number of carbonyl (C=O) groups excluding carboxylic acids is 2. The Morgan fingerprint density at radius 3 is 2.45 bits per heavy atom. The highest BCUT2D eigenvalue weighted by Crippen LogP contribution is 2.35. The van der Waals surface area contributed by atoms with Gasteiger partial charge in [-0.15, -0.1) is 0 Å². The first-order valence-corrected chi connectivity index (χ1v) is 13.1. The molecule has 0 unspecified atom stereocenters. The number of amides is 2. The molecule has 0 aliphatic carbocycles. The number of aryl methyl sites for hydroxylation is 1. The van der Waals surface area contributed by atoms with Crippen LogP contribution < -0.4 is 14.2 Å². The smallest absolute Gasteiger partial charge is 0.293 e. The molecule has 7 heteroatoms. The summed E-state index contributed by atoms with van der Waals surface area (Å²) in [5, 5.41) is 1.75. The minimum Gasteiger partial charge on any atom is -0.493 e. The predicted molar refractivity (Wildman–Crippen MR) is 151 cm³/mol. The molecule has 6 nitrogen and oxygen atoms in total. The molecule has 0 spiro atoms. The normalized spacial score (nSPS) is 14.4. The summed E-state index contributed by atoms with van der Waals surface area (Å²) in [5.41, 5.74) is 2.99. The molecule has 1 saturated heterocycles. The predicted octanol–water partition coefficient (Wildman–Crippen LogP) is 6.85. The molecule has 0 N–H and O–H groups in total. The average Bonchev–Trinajstić information content (AvgIpc) is 3.20. The van der Waals surface area contributed by atoms with Crippen molar-refractivity contribution in [1.29, 1.82) is 0 Å². The number of hydrogen-bond acceptors (Lipinski definition) is 6. The van der Waals surface area contributed by atoms with E-state index in [4.69, 9.17) is 14.2 Å². The number of imide groups is 1. The zero-order chi connectivity index (χ0) is 26.5. The van der Waals surface area contributed by atoms with E-state index in [9.17, 15) is 9.59 Å². The maximum Gasteiger partial charge on any atom is 0.293 e. The Bertz CT molecular complexity index is 1510. The lowest BCUT2D eigenvalue weighted by molar-refractivity contribution is -0.123. The third kappa shape index (κ3) is 5.68. The van der Waals surface area contributed by atoms with Gasteiger partial charge in [-0.3, -0.25) is 14.5 Å². The van der Waals surface area contributed by atoms with Crippen LogP contribution in [0.25, 0.3) is 16.8 Å². The van der Waals surface area contributed by atoms with Crippen LogP contribution in [0.3, 0.4) is 0 Å². The summed E-state index contributed by atoms with van der Waals surface area (Å²) < 4.78 is 17.4. The number of hydrogen-bond donors (Lipinski definition) is 0. The van der Waals surface area contributed by atoms with E-state index in [1.807, 2.05) is 79.7 Å². The number of methoxy groups -OCH3 is 1. The Morgan fingerprint density at radius 2 is 1.63 bits per heavy atom. The van der Waals surface area contributed by atoms with Gasteiger partial charge < -0.3 is 14.2 Å². The standard InChI is InChI=1S/C31H27NO5S/c1-21-10-12-22(13-11-21)20-37-27-15-14-23(18-28(27)35-2)19-29-30(33)32(31(34)38-29)16-17-36-26-9-5-7-24-6-3-4-8-25(24)26/h3-15,18-19H,16-17,20H2,1-2H3/b29-19-. The monoisotopic (exact) mass is 525 g/mol. The number of benzene rings is 4. The Kier molecular flexibility index (Phi) is 7.65. The van der Waals surface area contributed by atoms with Crippen molar-refractivity contribution >= 4 is 39.8 Å². The van der Waals surface area contributed by atoms with Gasteiger partial charge in [0.05, 0.1) is 18.6 Å². The zero-order valence-electron chi connectivity index (χ0n) is 21.2. The van der Waals surface area contributed by atoms with Crippen LogP contribution in [0.15, 0.2) is 89.8 Å². The summed E-state index contributed by atoms with van der Waals surface area (Å²) >= 11 is 0.923. The summed E-state index contributed by atoms with van der Waals surface area (Å²) in [6.07, 6.45) is 1.70. The lowest BCUT2D eigenvalue weighted by Gasteiger charge is -2.14. The van der Waals surface area contributed by atoms with Gasteiger partial charge in [-0.2, -0.15) is 0 Å². The molecule has 1 fully saturated rings. The lowest BCUT2D eigenvalue weighted by atomic mass is 10.1. The zero-order valence-corrected chi connectivity index (χ0v) is 22.0. The van der Waals surface area contributed by atoms with Crippen molar-refractivity contribution in [3.63, 3.8) is 0 Å². The summed E-state index contributed by atoms with van der Waals surface area (Å²) in [6, 6.07) is 27.3. The maximum absolute atomic E-state index is 13.0. The van der Waals surface area contributed by atoms with Crippen molar-refractivity contribution in [2.75, 3.05) is 20.3 Å². The molecular formula is C31H27NO5S. The number of ether oxygens (including phenoxy) is 3. The van der Waals surface area contributed by atoms with Gasteiger partial charge in [0, 0.05) is 5.39 Å². The van der Waals surface area contributed by atoms with Gasteiger partial charge in [0.25, 0.3) is 11.1 Å². The SMILES string of the molecule is COc1cc(/C=C2\SC(=O)N(CCOc3cccc4ccccc34)C2=O)ccc1OCc1ccc(C)cc1. The van der Waals surface area contributed by atoms with Gasteiger partial charge >= 0.3 is 0 Å². The first-order valence-electron chi connectivity index (χ1n) is 12.2. The van der Waals surface area contributed by atoms with Crippen LogP contribution >= 0.6 is 11.8 Å². The van der Waals surface area contributed by atoms with Gasteiger partial charge in [-0.1, -0.05) is 72.3 Å². The molecule has 0 atom stereocenters. The van der Waals surface area contributed by atoms with E-state index >= 15 is 0 Å². The minimum absolute atomic E-state index is 0.167. The molecule has 1 aliphatic rings. The fraction of sp³-hybridized carbons (Fsp3) is 0.161. The highest BCUT2D eigenvalue weighted by atomic mass is 32.2. The van der Waals surface area contributed by atoms with E-state index in [0.717, 1.165) is 39.4 Å². The van der Waals surface area contributed by atoms with E-state index in [0.29, 0.717) is 23.0 Å². The first-order chi connectivity index (χ1) is 18.5. The second-order valence-corrected chi connectivity index (χ2v) is 9.84. The van der Waals surface area contributed by atoms with Crippen LogP contribution in [-0.4, -0.2) is 36.3 Å². The van der Waals surface area contributed by atoms with Crippen LogP contribution in [0.5, 0.6) is 17.2 Å². The Hall–Kier alpha value is -4.23. The van der Waals surface area contributed by atoms with Crippen LogP contribution in [0, 0.1) is 6.92 Å². The molecule has 1 aliphatic heterocycles. The number of carbonyl (C=O) groups is 2. The highest BCUT2D eigenvalue weighted by Gasteiger charge is 2.34. The Morgan fingerprint density at radius 1 is 0.842 bits per heavy atom. The minimum atomic E-state index is -0.333. The van der Waals surface area contributed by atoms with E-state index in [1.54, 1.807) is 25.3 Å². The van der Waals surface area contributed by atoms with Gasteiger partial charge in [-0.25, -0.2) is 0 Å². The van der Waals surface area contributed by atoms with E-state index in [2.05, 4.69) is 0 Å². The molecule has 4 aromatic carbocycles. The van der Waals surface area contributed by atoms with E-state index in [-0.39, 0.29) is 24.3 Å². The Balaban J connectivity index is 1.23. The van der Waals surface area contributed by atoms with E-state index in [1.165, 1.54) is 10.5 Å². The summed E-state index contributed by atoms with van der Waals surface area (Å²) in [4.78, 5) is 27.1. The lowest BCUT2D eigenvalue weighted by Crippen LogP contribution is -2.32. The van der Waals surface area contributed by atoms with Gasteiger partial charge in [0.15, 0.2) is 11.5 Å². The number of thioether (sulfide) groups is 1. The molecule has 0 radical (unpaired) electrons. The molecule has 192 valence electrons. The van der Waals surface area contributed by atoms with Crippen molar-refractivity contribution in [2.24, 2.45) is 0 Å². The third-order valence-corrected chi connectivity index (χ3v) is 7.10. The van der Waals surface area contributed by atoms with Crippen LogP contribution in [0.2, 0.25) is 0 Å². The molecule has 5 rings (SSSR count).